The summed E-state index contributed by atoms with van der Waals surface area (Å²) >= 11 is 0. The van der Waals surface area contributed by atoms with E-state index in [1.165, 1.54) is 12.1 Å². The van der Waals surface area contributed by atoms with Gasteiger partial charge in [0, 0.05) is 6.54 Å². The molecule has 2 N–H and O–H groups in total. The minimum atomic E-state index is -0.295. The van der Waals surface area contributed by atoms with Crippen LogP contribution in [0.1, 0.15) is 11.4 Å². The highest BCUT2D eigenvalue weighted by molar-refractivity contribution is 5.33. The third-order valence-electron chi connectivity index (χ3n) is 2.24. The number of aromatic nitrogens is 3. The first-order chi connectivity index (χ1) is 7.22. The fourth-order valence-electron chi connectivity index (χ4n) is 1.40. The molecule has 0 aliphatic heterocycles. The van der Waals surface area contributed by atoms with Crippen LogP contribution in [0.25, 0.3) is 5.69 Å². The van der Waals surface area contributed by atoms with Gasteiger partial charge in [0.2, 0.25) is 0 Å². The highest BCUT2D eigenvalue weighted by atomic mass is 19.1. The molecule has 2 rings (SSSR count). The van der Waals surface area contributed by atoms with E-state index in [1.54, 1.807) is 16.8 Å². The van der Waals surface area contributed by atoms with Crippen molar-refractivity contribution in [1.82, 2.24) is 15.0 Å². The summed E-state index contributed by atoms with van der Waals surface area (Å²) in [6, 6.07) is 6.19. The predicted octanol–water partition coefficient (Wildman–Crippen LogP) is 1.17. The van der Waals surface area contributed by atoms with Crippen molar-refractivity contribution in [3.63, 3.8) is 0 Å². The molecule has 15 heavy (non-hydrogen) atoms. The van der Waals surface area contributed by atoms with Gasteiger partial charge in [-0.15, -0.1) is 5.10 Å². The first-order valence-corrected chi connectivity index (χ1v) is 4.59. The Labute approximate surface area is 86.5 Å². The molecule has 1 heterocycles. The Morgan fingerprint density at radius 2 is 2.27 bits per heavy atom. The van der Waals surface area contributed by atoms with Gasteiger partial charge in [0.15, 0.2) is 0 Å². The Bertz CT molecular complexity index is 478. The van der Waals surface area contributed by atoms with Crippen molar-refractivity contribution in [3.8, 4) is 5.69 Å². The van der Waals surface area contributed by atoms with E-state index in [0.717, 1.165) is 11.4 Å². The van der Waals surface area contributed by atoms with Crippen LogP contribution in [0.5, 0.6) is 0 Å². The van der Waals surface area contributed by atoms with Crippen LogP contribution in [-0.4, -0.2) is 15.0 Å². The fourth-order valence-corrected chi connectivity index (χ4v) is 1.40. The number of hydrogen-bond donors (Lipinski definition) is 1. The third-order valence-corrected chi connectivity index (χ3v) is 2.24. The quantitative estimate of drug-likeness (QED) is 0.802. The van der Waals surface area contributed by atoms with Gasteiger partial charge in [-0.2, -0.15) is 0 Å². The summed E-state index contributed by atoms with van der Waals surface area (Å²) < 4.78 is 14.6. The van der Waals surface area contributed by atoms with Crippen molar-refractivity contribution >= 4 is 0 Å². The van der Waals surface area contributed by atoms with Gasteiger partial charge >= 0.3 is 0 Å². The van der Waals surface area contributed by atoms with E-state index in [2.05, 4.69) is 10.3 Å². The largest absolute Gasteiger partial charge is 0.325 e. The lowest BCUT2D eigenvalue weighted by Gasteiger charge is -2.02. The van der Waals surface area contributed by atoms with Crippen LogP contribution in [0.4, 0.5) is 4.39 Å². The van der Waals surface area contributed by atoms with E-state index in [4.69, 9.17) is 5.73 Å². The van der Waals surface area contributed by atoms with Gasteiger partial charge in [-0.1, -0.05) is 11.3 Å². The summed E-state index contributed by atoms with van der Waals surface area (Å²) in [6.45, 7) is 2.19. The maximum Gasteiger partial charge on any atom is 0.125 e. The Hall–Kier alpha value is -1.75. The van der Waals surface area contributed by atoms with E-state index < -0.39 is 0 Å². The zero-order chi connectivity index (χ0) is 10.8. The van der Waals surface area contributed by atoms with Crippen LogP contribution in [0.2, 0.25) is 0 Å². The number of nitrogens with zero attached hydrogens (tertiary/aromatic N) is 3. The molecule has 0 radical (unpaired) electrons. The average Bonchev–Trinajstić information content (AvgIpc) is 2.59. The summed E-state index contributed by atoms with van der Waals surface area (Å²) in [5.74, 6) is -0.295. The summed E-state index contributed by atoms with van der Waals surface area (Å²) in [7, 11) is 0. The number of nitrogens with two attached hydrogens (primary N) is 1. The molecule has 0 saturated heterocycles. The predicted molar refractivity (Wildman–Crippen MR) is 53.9 cm³/mol. The van der Waals surface area contributed by atoms with E-state index in [1.807, 2.05) is 6.92 Å². The minimum absolute atomic E-state index is 0.295. The second kappa shape index (κ2) is 3.78. The zero-order valence-electron chi connectivity index (χ0n) is 8.31. The molecule has 0 fully saturated rings. The zero-order valence-corrected chi connectivity index (χ0v) is 8.31. The second-order valence-corrected chi connectivity index (χ2v) is 3.22. The minimum Gasteiger partial charge on any atom is -0.325 e. The van der Waals surface area contributed by atoms with Gasteiger partial charge in [0.1, 0.15) is 5.82 Å². The molecule has 0 spiro atoms. The topological polar surface area (TPSA) is 56.7 Å². The Morgan fingerprint density at radius 3 is 2.87 bits per heavy atom. The van der Waals surface area contributed by atoms with Gasteiger partial charge in [-0.25, -0.2) is 9.07 Å². The van der Waals surface area contributed by atoms with Crippen molar-refractivity contribution < 1.29 is 4.39 Å². The number of halogens is 1. The Morgan fingerprint density at radius 1 is 1.47 bits per heavy atom. The highest BCUT2D eigenvalue weighted by Gasteiger charge is 2.08. The maximum absolute atomic E-state index is 13.0. The van der Waals surface area contributed by atoms with E-state index in [9.17, 15) is 4.39 Å². The third kappa shape index (κ3) is 1.73. The van der Waals surface area contributed by atoms with Crippen LogP contribution < -0.4 is 5.73 Å². The van der Waals surface area contributed by atoms with Crippen molar-refractivity contribution in [2.45, 2.75) is 13.5 Å². The van der Waals surface area contributed by atoms with E-state index >= 15 is 0 Å². The van der Waals surface area contributed by atoms with Crippen molar-refractivity contribution in [1.29, 1.82) is 0 Å². The van der Waals surface area contributed by atoms with Gasteiger partial charge in [0.25, 0.3) is 0 Å². The molecule has 1 aromatic heterocycles. The van der Waals surface area contributed by atoms with Crippen LogP contribution in [0.3, 0.4) is 0 Å². The summed E-state index contributed by atoms with van der Waals surface area (Å²) in [5, 5.41) is 7.82. The van der Waals surface area contributed by atoms with Crippen molar-refractivity contribution in [2.75, 3.05) is 0 Å². The lowest BCUT2D eigenvalue weighted by Crippen LogP contribution is -2.02. The normalized spacial score (nSPS) is 10.6. The smallest absolute Gasteiger partial charge is 0.125 e. The molecular weight excluding hydrogens is 195 g/mol. The number of hydrogen-bond acceptors (Lipinski definition) is 3. The molecule has 2 aromatic rings. The molecule has 1 aromatic carbocycles. The maximum atomic E-state index is 13.0. The SMILES string of the molecule is Cc1c(CN)nnn1-c1cccc(F)c1. The van der Waals surface area contributed by atoms with Gasteiger partial charge in [0.05, 0.1) is 17.1 Å². The van der Waals surface area contributed by atoms with E-state index in [-0.39, 0.29) is 5.82 Å². The van der Waals surface area contributed by atoms with Crippen molar-refractivity contribution in [3.05, 3.63) is 41.5 Å². The summed E-state index contributed by atoms with van der Waals surface area (Å²) in [6.07, 6.45) is 0. The van der Waals surface area contributed by atoms with Gasteiger partial charge < -0.3 is 5.73 Å². The second-order valence-electron chi connectivity index (χ2n) is 3.22. The Balaban J connectivity index is 2.49. The molecule has 4 nitrogen and oxygen atoms in total. The van der Waals surface area contributed by atoms with Crippen LogP contribution >= 0.6 is 0 Å². The molecule has 78 valence electrons. The molecule has 0 unspecified atom stereocenters. The summed E-state index contributed by atoms with van der Waals surface area (Å²) in [4.78, 5) is 0. The molecule has 0 saturated carbocycles. The lowest BCUT2D eigenvalue weighted by molar-refractivity contribution is 0.624. The first kappa shape index (κ1) is 9.79. The number of benzene rings is 1. The molecule has 0 atom stereocenters. The van der Waals surface area contributed by atoms with Crippen LogP contribution in [-0.2, 0) is 6.54 Å². The standard InChI is InChI=1S/C10H11FN4/c1-7-10(6-12)13-14-15(7)9-4-2-3-8(11)5-9/h2-5H,6,12H2,1H3. The molecule has 0 bridgehead atoms. The van der Waals surface area contributed by atoms with Crippen LogP contribution in [0, 0.1) is 12.7 Å². The highest BCUT2D eigenvalue weighted by Crippen LogP contribution is 2.12. The van der Waals surface area contributed by atoms with Gasteiger partial charge in [-0.05, 0) is 25.1 Å². The first-order valence-electron chi connectivity index (χ1n) is 4.59. The van der Waals surface area contributed by atoms with Gasteiger partial charge in [-0.3, -0.25) is 0 Å². The lowest BCUT2D eigenvalue weighted by atomic mass is 10.3. The molecule has 0 aliphatic carbocycles. The fraction of sp³-hybridized carbons (Fsp3) is 0.200. The molecule has 5 heteroatoms. The molecular formula is C10H11FN4. The Kier molecular flexibility index (Phi) is 2.47. The summed E-state index contributed by atoms with van der Waals surface area (Å²) in [5.41, 5.74) is 7.69. The van der Waals surface area contributed by atoms with Crippen molar-refractivity contribution in [2.24, 2.45) is 5.73 Å². The monoisotopic (exact) mass is 206 g/mol. The molecule has 0 aliphatic rings. The number of rotatable bonds is 2. The average molecular weight is 206 g/mol. The van der Waals surface area contributed by atoms with E-state index in [0.29, 0.717) is 12.2 Å². The van der Waals surface area contributed by atoms with Crippen LogP contribution in [0.15, 0.2) is 24.3 Å². The molecule has 0 amide bonds.